The average molecular weight is 346 g/mol. The molecule has 3 heterocycles. The van der Waals surface area contributed by atoms with Crippen LogP contribution in [-0.4, -0.2) is 62.2 Å². The second-order valence-corrected chi connectivity index (χ2v) is 8.12. The first-order valence-corrected chi connectivity index (χ1v) is 9.76. The lowest BCUT2D eigenvalue weighted by Gasteiger charge is -2.34. The van der Waals surface area contributed by atoms with Crippen LogP contribution in [0.4, 0.5) is 0 Å². The van der Waals surface area contributed by atoms with Crippen LogP contribution < -0.4 is 5.73 Å². The van der Waals surface area contributed by atoms with Gasteiger partial charge in [0.2, 0.25) is 5.91 Å². The van der Waals surface area contributed by atoms with Crippen LogP contribution in [0.1, 0.15) is 62.5 Å². The molecule has 1 aliphatic carbocycles. The quantitative estimate of drug-likeness (QED) is 0.880. The van der Waals surface area contributed by atoms with Gasteiger partial charge in [0.25, 0.3) is 0 Å². The van der Waals surface area contributed by atoms with Crippen molar-refractivity contribution in [3.8, 4) is 0 Å². The van der Waals surface area contributed by atoms with Crippen LogP contribution in [-0.2, 0) is 18.4 Å². The summed E-state index contributed by atoms with van der Waals surface area (Å²) in [6.07, 6.45) is 7.65. The third-order valence-electron chi connectivity index (χ3n) is 6.10. The fourth-order valence-electron chi connectivity index (χ4n) is 4.22. The van der Waals surface area contributed by atoms with E-state index in [9.17, 15) is 4.79 Å². The van der Waals surface area contributed by atoms with E-state index < -0.39 is 5.54 Å². The molecular formula is C18H30N6O. The van der Waals surface area contributed by atoms with Gasteiger partial charge in [-0.2, -0.15) is 0 Å². The number of nitrogens with zero attached hydrogens (tertiary/aromatic N) is 5. The number of likely N-dealkylation sites (tertiary alicyclic amines) is 2. The molecule has 1 aromatic rings. The zero-order valence-electron chi connectivity index (χ0n) is 15.3. The Labute approximate surface area is 149 Å². The van der Waals surface area contributed by atoms with Crippen LogP contribution >= 0.6 is 0 Å². The normalized spacial score (nSPS) is 26.6. The zero-order chi connectivity index (χ0) is 17.4. The second kappa shape index (κ2) is 6.68. The highest BCUT2D eigenvalue weighted by molar-refractivity contribution is 5.89. The number of nitrogens with two attached hydrogens (primary N) is 1. The molecule has 1 amide bonds. The summed E-state index contributed by atoms with van der Waals surface area (Å²) in [7, 11) is 2.07. The van der Waals surface area contributed by atoms with Crippen molar-refractivity contribution in [3.63, 3.8) is 0 Å². The number of aromatic nitrogens is 3. The lowest BCUT2D eigenvalue weighted by Crippen LogP contribution is -2.49. The summed E-state index contributed by atoms with van der Waals surface area (Å²) in [4.78, 5) is 17.0. The van der Waals surface area contributed by atoms with E-state index in [-0.39, 0.29) is 11.8 Å². The van der Waals surface area contributed by atoms with Crippen molar-refractivity contribution in [1.82, 2.24) is 24.6 Å². The molecule has 1 atom stereocenters. The van der Waals surface area contributed by atoms with Gasteiger partial charge in [-0.15, -0.1) is 10.2 Å². The number of rotatable bonds is 4. The maximum atomic E-state index is 12.6. The maximum Gasteiger partial charge on any atom is 0.242 e. The molecule has 0 aromatic carbocycles. The minimum atomic E-state index is -0.568. The van der Waals surface area contributed by atoms with Crippen LogP contribution in [0.15, 0.2) is 0 Å². The van der Waals surface area contributed by atoms with Gasteiger partial charge in [0.1, 0.15) is 11.6 Å². The summed E-state index contributed by atoms with van der Waals surface area (Å²) in [5.41, 5.74) is 5.55. The summed E-state index contributed by atoms with van der Waals surface area (Å²) >= 11 is 0. The Hall–Kier alpha value is -1.47. The van der Waals surface area contributed by atoms with Crippen molar-refractivity contribution in [1.29, 1.82) is 0 Å². The molecule has 0 unspecified atom stereocenters. The zero-order valence-corrected chi connectivity index (χ0v) is 15.3. The lowest BCUT2D eigenvalue weighted by atomic mass is 9.96. The average Bonchev–Trinajstić information content (AvgIpc) is 3.30. The van der Waals surface area contributed by atoms with Crippen molar-refractivity contribution in [2.45, 2.75) is 62.9 Å². The molecule has 4 rings (SSSR count). The van der Waals surface area contributed by atoms with Gasteiger partial charge in [0.15, 0.2) is 0 Å². The Morgan fingerprint density at radius 3 is 2.64 bits per heavy atom. The highest BCUT2D eigenvalue weighted by Crippen LogP contribution is 2.36. The van der Waals surface area contributed by atoms with Crippen LogP contribution in [0.5, 0.6) is 0 Å². The molecule has 0 bridgehead atoms. The molecule has 2 saturated heterocycles. The molecule has 7 nitrogen and oxygen atoms in total. The van der Waals surface area contributed by atoms with E-state index in [2.05, 4.69) is 26.7 Å². The predicted octanol–water partition coefficient (Wildman–Crippen LogP) is 0.998. The number of hydrogen-bond donors (Lipinski definition) is 1. The minimum absolute atomic E-state index is 0.132. The number of carbonyl (C=O) groups is 1. The predicted molar refractivity (Wildman–Crippen MR) is 94.8 cm³/mol. The van der Waals surface area contributed by atoms with Gasteiger partial charge >= 0.3 is 0 Å². The van der Waals surface area contributed by atoms with E-state index in [1.807, 2.05) is 4.90 Å². The number of piperidine rings is 2. The monoisotopic (exact) mass is 346 g/mol. The molecule has 25 heavy (non-hydrogen) atoms. The minimum Gasteiger partial charge on any atom is -0.340 e. The third kappa shape index (κ3) is 3.44. The fourth-order valence-corrected chi connectivity index (χ4v) is 4.22. The van der Waals surface area contributed by atoms with E-state index >= 15 is 0 Å². The Bertz CT molecular complexity index is 632. The topological polar surface area (TPSA) is 80.3 Å². The van der Waals surface area contributed by atoms with Gasteiger partial charge in [-0.3, -0.25) is 9.69 Å². The maximum absolute atomic E-state index is 12.6. The van der Waals surface area contributed by atoms with Crippen molar-refractivity contribution in [3.05, 3.63) is 11.6 Å². The Morgan fingerprint density at radius 1 is 1.16 bits per heavy atom. The van der Waals surface area contributed by atoms with Gasteiger partial charge in [-0.05, 0) is 51.6 Å². The van der Waals surface area contributed by atoms with Crippen molar-refractivity contribution in [2.24, 2.45) is 12.8 Å². The summed E-state index contributed by atoms with van der Waals surface area (Å²) in [5.74, 6) is 2.46. The first-order chi connectivity index (χ1) is 12.1. The van der Waals surface area contributed by atoms with E-state index in [1.165, 1.54) is 19.3 Å². The van der Waals surface area contributed by atoms with Gasteiger partial charge < -0.3 is 15.2 Å². The largest absolute Gasteiger partial charge is 0.340 e. The molecule has 2 aliphatic heterocycles. The number of hydrogen-bond acceptors (Lipinski definition) is 5. The van der Waals surface area contributed by atoms with Crippen molar-refractivity contribution >= 4 is 5.91 Å². The van der Waals surface area contributed by atoms with Crippen LogP contribution in [0, 0.1) is 0 Å². The Kier molecular flexibility index (Phi) is 4.54. The van der Waals surface area contributed by atoms with Crippen molar-refractivity contribution in [2.75, 3.05) is 26.2 Å². The lowest BCUT2D eigenvalue weighted by molar-refractivity contribution is -0.134. The van der Waals surface area contributed by atoms with Crippen molar-refractivity contribution < 1.29 is 4.79 Å². The van der Waals surface area contributed by atoms with E-state index in [0.717, 1.165) is 70.1 Å². The molecule has 0 radical (unpaired) electrons. The van der Waals surface area contributed by atoms with Gasteiger partial charge in [0, 0.05) is 26.1 Å². The summed E-state index contributed by atoms with van der Waals surface area (Å²) in [6, 6.07) is 0. The molecule has 3 fully saturated rings. The van der Waals surface area contributed by atoms with Crippen LogP contribution in [0.25, 0.3) is 0 Å². The van der Waals surface area contributed by atoms with E-state index in [0.29, 0.717) is 0 Å². The highest BCUT2D eigenvalue weighted by Gasteiger charge is 2.48. The fraction of sp³-hybridized carbons (Fsp3) is 0.833. The van der Waals surface area contributed by atoms with E-state index in [4.69, 9.17) is 5.73 Å². The molecule has 1 aromatic heterocycles. The number of amides is 1. The van der Waals surface area contributed by atoms with Crippen LogP contribution in [0.3, 0.4) is 0 Å². The van der Waals surface area contributed by atoms with E-state index in [1.54, 1.807) is 0 Å². The van der Waals surface area contributed by atoms with Gasteiger partial charge in [-0.1, -0.05) is 6.42 Å². The van der Waals surface area contributed by atoms with Crippen LogP contribution in [0.2, 0.25) is 0 Å². The standard InChI is InChI=1S/C18H30N6O/c1-22-15(13-23-9-3-2-4-10-23)20-21-16(22)14-6-5-11-24(12-14)17(25)18(19)7-8-18/h14H,2-13,19H2,1H3/t14-/m0/s1. The first kappa shape index (κ1) is 17.0. The molecular weight excluding hydrogens is 316 g/mol. The molecule has 0 spiro atoms. The van der Waals surface area contributed by atoms with Gasteiger partial charge in [-0.25, -0.2) is 0 Å². The molecule has 7 heteroatoms. The first-order valence-electron chi connectivity index (χ1n) is 9.76. The molecule has 2 N–H and O–H groups in total. The van der Waals surface area contributed by atoms with Gasteiger partial charge in [0.05, 0.1) is 12.1 Å². The molecule has 138 valence electrons. The summed E-state index contributed by atoms with van der Waals surface area (Å²) in [6.45, 7) is 4.75. The molecule has 1 saturated carbocycles. The summed E-state index contributed by atoms with van der Waals surface area (Å²) in [5, 5.41) is 8.95. The smallest absolute Gasteiger partial charge is 0.242 e. The summed E-state index contributed by atoms with van der Waals surface area (Å²) < 4.78 is 2.16. The molecule has 3 aliphatic rings. The number of carbonyl (C=O) groups excluding carboxylic acids is 1. The highest BCUT2D eigenvalue weighted by atomic mass is 16.2. The SMILES string of the molecule is Cn1c(CN2CCCCC2)nnc1[C@H]1CCCN(C(=O)C2(N)CC2)C1. The second-order valence-electron chi connectivity index (χ2n) is 8.12. The Morgan fingerprint density at radius 2 is 1.92 bits per heavy atom. The third-order valence-corrected chi connectivity index (χ3v) is 6.10. The Balaban J connectivity index is 1.43.